The Morgan fingerprint density at radius 2 is 1.70 bits per heavy atom. The number of aryl methyl sites for hydroxylation is 1. The Morgan fingerprint density at radius 3 is 2.40 bits per heavy atom. The summed E-state index contributed by atoms with van der Waals surface area (Å²) in [5, 5.41) is 6.83. The minimum Gasteiger partial charge on any atom is -0.287 e. The van der Waals surface area contributed by atoms with E-state index in [1.165, 1.54) is 0 Å². The summed E-state index contributed by atoms with van der Waals surface area (Å²) in [4.78, 5) is 12.5. The molecule has 2 aromatic carbocycles. The monoisotopic (exact) mass is 262 g/mol. The van der Waals surface area contributed by atoms with Gasteiger partial charge in [-0.05, 0) is 12.5 Å². The van der Waals surface area contributed by atoms with E-state index in [0.29, 0.717) is 11.3 Å². The number of hydrogen-bond donors (Lipinski definition) is 1. The van der Waals surface area contributed by atoms with Gasteiger partial charge in [-0.2, -0.15) is 5.10 Å². The number of aromatic amines is 1. The molecule has 0 bridgehead atoms. The molecule has 1 heterocycles. The molecule has 1 aromatic heterocycles. The molecule has 0 atom stereocenters. The van der Waals surface area contributed by atoms with Crippen molar-refractivity contribution < 1.29 is 4.79 Å². The van der Waals surface area contributed by atoms with Gasteiger partial charge in [0.15, 0.2) is 0 Å². The zero-order chi connectivity index (χ0) is 13.9. The second-order valence-corrected chi connectivity index (χ2v) is 4.72. The Bertz CT molecular complexity index is 727. The summed E-state index contributed by atoms with van der Waals surface area (Å²) in [7, 11) is 0. The number of ketones is 1. The fourth-order valence-electron chi connectivity index (χ4n) is 2.15. The highest BCUT2D eigenvalue weighted by atomic mass is 16.1. The quantitative estimate of drug-likeness (QED) is 0.733. The van der Waals surface area contributed by atoms with Crippen molar-refractivity contribution in [3.8, 4) is 11.1 Å². The molecule has 0 fully saturated rings. The summed E-state index contributed by atoms with van der Waals surface area (Å²) in [6, 6.07) is 17.3. The van der Waals surface area contributed by atoms with Crippen LogP contribution in [0.1, 0.15) is 21.6 Å². The van der Waals surface area contributed by atoms with Crippen molar-refractivity contribution in [1.82, 2.24) is 10.2 Å². The van der Waals surface area contributed by atoms with E-state index in [1.807, 2.05) is 61.5 Å². The molecule has 0 aliphatic rings. The van der Waals surface area contributed by atoms with E-state index < -0.39 is 0 Å². The molecular weight excluding hydrogens is 248 g/mol. The average Bonchev–Trinajstić information content (AvgIpc) is 2.97. The standard InChI is InChI=1S/C17H14N2O/c1-12-7-9-14(10-8-12)17(20)16-15(11-18-19-16)13-5-3-2-4-6-13/h2-11H,1H3,(H,18,19). The Kier molecular flexibility index (Phi) is 3.17. The minimum atomic E-state index is -0.0404. The van der Waals surface area contributed by atoms with Gasteiger partial charge in [-0.25, -0.2) is 0 Å². The number of carbonyl (C=O) groups is 1. The zero-order valence-corrected chi connectivity index (χ0v) is 11.1. The second-order valence-electron chi connectivity index (χ2n) is 4.72. The van der Waals surface area contributed by atoms with Gasteiger partial charge < -0.3 is 0 Å². The summed E-state index contributed by atoms with van der Waals surface area (Å²) >= 11 is 0. The largest absolute Gasteiger partial charge is 0.287 e. The van der Waals surface area contributed by atoms with Crippen molar-refractivity contribution in [2.75, 3.05) is 0 Å². The number of nitrogens with zero attached hydrogens (tertiary/aromatic N) is 1. The average molecular weight is 262 g/mol. The summed E-state index contributed by atoms with van der Waals surface area (Å²) in [6.07, 6.45) is 1.69. The third-order valence-corrected chi connectivity index (χ3v) is 3.26. The van der Waals surface area contributed by atoms with Crippen LogP contribution >= 0.6 is 0 Å². The number of nitrogens with one attached hydrogen (secondary N) is 1. The van der Waals surface area contributed by atoms with Crippen LogP contribution in [0.3, 0.4) is 0 Å². The molecule has 0 unspecified atom stereocenters. The predicted molar refractivity (Wildman–Crippen MR) is 78.6 cm³/mol. The first-order valence-corrected chi connectivity index (χ1v) is 6.46. The van der Waals surface area contributed by atoms with E-state index in [0.717, 1.165) is 16.7 Å². The molecule has 0 spiro atoms. The highest BCUT2D eigenvalue weighted by molar-refractivity contribution is 6.11. The fraction of sp³-hybridized carbons (Fsp3) is 0.0588. The number of H-pyrrole nitrogens is 1. The van der Waals surface area contributed by atoms with Crippen LogP contribution in [-0.2, 0) is 0 Å². The molecule has 0 amide bonds. The van der Waals surface area contributed by atoms with E-state index in [2.05, 4.69) is 10.2 Å². The molecular formula is C17H14N2O. The SMILES string of the molecule is Cc1ccc(C(=O)c2[nH]ncc2-c2ccccc2)cc1. The predicted octanol–water partition coefficient (Wildman–Crippen LogP) is 3.62. The molecule has 20 heavy (non-hydrogen) atoms. The Morgan fingerprint density at radius 1 is 1.00 bits per heavy atom. The molecule has 0 saturated carbocycles. The summed E-state index contributed by atoms with van der Waals surface area (Å²) in [5.74, 6) is -0.0404. The van der Waals surface area contributed by atoms with Gasteiger partial charge in [0.2, 0.25) is 5.78 Å². The lowest BCUT2D eigenvalue weighted by atomic mass is 10.0. The number of aromatic nitrogens is 2. The van der Waals surface area contributed by atoms with E-state index in [4.69, 9.17) is 0 Å². The maximum Gasteiger partial charge on any atom is 0.211 e. The molecule has 0 radical (unpaired) electrons. The molecule has 0 aliphatic carbocycles. The number of carbonyl (C=O) groups excluding carboxylic acids is 1. The number of hydrogen-bond acceptors (Lipinski definition) is 2. The van der Waals surface area contributed by atoms with Crippen LogP contribution in [0.5, 0.6) is 0 Å². The van der Waals surface area contributed by atoms with E-state index in [9.17, 15) is 4.79 Å². The Labute approximate surface area is 117 Å². The molecule has 3 rings (SSSR count). The minimum absolute atomic E-state index is 0.0404. The first-order chi connectivity index (χ1) is 9.75. The molecule has 3 nitrogen and oxygen atoms in total. The van der Waals surface area contributed by atoms with Crippen molar-refractivity contribution in [3.05, 3.63) is 77.6 Å². The zero-order valence-electron chi connectivity index (χ0n) is 11.1. The molecule has 1 N–H and O–H groups in total. The lowest BCUT2D eigenvalue weighted by molar-refractivity contribution is 0.103. The molecule has 3 aromatic rings. The Hall–Kier alpha value is -2.68. The second kappa shape index (κ2) is 5.13. The van der Waals surface area contributed by atoms with Crippen LogP contribution in [0.2, 0.25) is 0 Å². The molecule has 3 heteroatoms. The van der Waals surface area contributed by atoms with Crippen LogP contribution in [0.4, 0.5) is 0 Å². The van der Waals surface area contributed by atoms with Crippen LogP contribution in [0, 0.1) is 6.92 Å². The molecule has 98 valence electrons. The van der Waals surface area contributed by atoms with Gasteiger partial charge in [0.05, 0.1) is 6.20 Å². The lowest BCUT2D eigenvalue weighted by Crippen LogP contribution is -2.03. The maximum absolute atomic E-state index is 12.5. The van der Waals surface area contributed by atoms with Crippen LogP contribution in [0.25, 0.3) is 11.1 Å². The topological polar surface area (TPSA) is 45.8 Å². The highest BCUT2D eigenvalue weighted by Gasteiger charge is 2.16. The van der Waals surface area contributed by atoms with Gasteiger partial charge >= 0.3 is 0 Å². The smallest absolute Gasteiger partial charge is 0.211 e. The fourth-order valence-corrected chi connectivity index (χ4v) is 2.15. The van der Waals surface area contributed by atoms with Crippen LogP contribution < -0.4 is 0 Å². The van der Waals surface area contributed by atoms with Gasteiger partial charge in [0.25, 0.3) is 0 Å². The number of benzene rings is 2. The Balaban J connectivity index is 2.02. The third kappa shape index (κ3) is 2.26. The summed E-state index contributed by atoms with van der Waals surface area (Å²) in [6.45, 7) is 2.00. The number of rotatable bonds is 3. The van der Waals surface area contributed by atoms with E-state index in [1.54, 1.807) is 6.20 Å². The van der Waals surface area contributed by atoms with Crippen LogP contribution in [0.15, 0.2) is 60.8 Å². The summed E-state index contributed by atoms with van der Waals surface area (Å²) in [5.41, 5.74) is 4.14. The van der Waals surface area contributed by atoms with Crippen molar-refractivity contribution >= 4 is 5.78 Å². The maximum atomic E-state index is 12.5. The lowest BCUT2D eigenvalue weighted by Gasteiger charge is -2.03. The van der Waals surface area contributed by atoms with Gasteiger partial charge in [0.1, 0.15) is 5.69 Å². The normalized spacial score (nSPS) is 10.4. The van der Waals surface area contributed by atoms with Gasteiger partial charge in [0, 0.05) is 11.1 Å². The van der Waals surface area contributed by atoms with E-state index in [-0.39, 0.29) is 5.78 Å². The van der Waals surface area contributed by atoms with Gasteiger partial charge in [-0.15, -0.1) is 0 Å². The summed E-state index contributed by atoms with van der Waals surface area (Å²) < 4.78 is 0. The van der Waals surface area contributed by atoms with Crippen molar-refractivity contribution in [3.63, 3.8) is 0 Å². The van der Waals surface area contributed by atoms with Gasteiger partial charge in [-0.1, -0.05) is 60.2 Å². The van der Waals surface area contributed by atoms with Crippen LogP contribution in [-0.4, -0.2) is 16.0 Å². The molecule has 0 aliphatic heterocycles. The molecule has 0 saturated heterocycles. The van der Waals surface area contributed by atoms with Gasteiger partial charge in [-0.3, -0.25) is 9.89 Å². The van der Waals surface area contributed by atoms with Crippen molar-refractivity contribution in [2.24, 2.45) is 0 Å². The van der Waals surface area contributed by atoms with Crippen molar-refractivity contribution in [2.45, 2.75) is 6.92 Å². The highest BCUT2D eigenvalue weighted by Crippen LogP contribution is 2.23. The first-order valence-electron chi connectivity index (χ1n) is 6.46. The first kappa shape index (κ1) is 12.4. The van der Waals surface area contributed by atoms with Crippen molar-refractivity contribution in [1.29, 1.82) is 0 Å². The third-order valence-electron chi connectivity index (χ3n) is 3.26. The van der Waals surface area contributed by atoms with E-state index >= 15 is 0 Å².